The fraction of sp³-hybridized carbons (Fsp3) is 0.875. The summed E-state index contributed by atoms with van der Waals surface area (Å²) in [7, 11) is 1.44. The van der Waals surface area contributed by atoms with Gasteiger partial charge in [-0.05, 0) is 6.42 Å². The van der Waals surface area contributed by atoms with E-state index < -0.39 is 23.8 Å². The number of alkyl halides is 2. The summed E-state index contributed by atoms with van der Waals surface area (Å²) in [6.07, 6.45) is -0.416. The lowest BCUT2D eigenvalue weighted by atomic mass is 9.87. The standard InChI is InChI=1S/C8H14F2N2O/c1-7(6(13)12-2)3-5(11)8(9,10)4-7/h5H,3-4,11H2,1-2H3,(H,12,13)/t5?,7-/m0/s1. The van der Waals surface area contributed by atoms with Gasteiger partial charge in [0.25, 0.3) is 5.92 Å². The van der Waals surface area contributed by atoms with Gasteiger partial charge in [0, 0.05) is 13.5 Å². The van der Waals surface area contributed by atoms with Crippen molar-refractivity contribution in [3.63, 3.8) is 0 Å². The molecule has 1 saturated carbocycles. The van der Waals surface area contributed by atoms with Crippen LogP contribution >= 0.6 is 0 Å². The molecule has 3 N–H and O–H groups in total. The van der Waals surface area contributed by atoms with Crippen LogP contribution in [0.1, 0.15) is 19.8 Å². The second-order valence-electron chi connectivity index (χ2n) is 3.89. The summed E-state index contributed by atoms with van der Waals surface area (Å²) in [4.78, 5) is 11.3. The van der Waals surface area contributed by atoms with E-state index >= 15 is 0 Å². The Hall–Kier alpha value is -0.710. The Bertz CT molecular complexity index is 232. The summed E-state index contributed by atoms with van der Waals surface area (Å²) in [6.45, 7) is 1.52. The predicted molar refractivity (Wildman–Crippen MR) is 44.3 cm³/mol. The number of rotatable bonds is 1. The highest BCUT2D eigenvalue weighted by molar-refractivity contribution is 5.82. The molecule has 0 aromatic carbocycles. The molecular formula is C8H14F2N2O. The zero-order valence-electron chi connectivity index (χ0n) is 7.73. The molecule has 0 aromatic heterocycles. The van der Waals surface area contributed by atoms with Gasteiger partial charge < -0.3 is 11.1 Å². The van der Waals surface area contributed by atoms with E-state index in [4.69, 9.17) is 5.73 Å². The lowest BCUT2D eigenvalue weighted by Gasteiger charge is -2.20. The summed E-state index contributed by atoms with van der Waals surface area (Å²) in [5.74, 6) is -3.28. The van der Waals surface area contributed by atoms with E-state index in [2.05, 4.69) is 5.32 Å². The average Bonchev–Trinajstić information content (AvgIpc) is 2.21. The molecule has 0 aromatic rings. The molecule has 2 atom stereocenters. The molecule has 5 heteroatoms. The van der Waals surface area contributed by atoms with Crippen LogP contribution in [0.3, 0.4) is 0 Å². The van der Waals surface area contributed by atoms with Gasteiger partial charge in [0.05, 0.1) is 11.5 Å². The first-order valence-electron chi connectivity index (χ1n) is 4.17. The van der Waals surface area contributed by atoms with Crippen molar-refractivity contribution >= 4 is 5.91 Å². The molecule has 0 spiro atoms. The monoisotopic (exact) mass is 192 g/mol. The number of hydrogen-bond acceptors (Lipinski definition) is 2. The number of carbonyl (C=O) groups is 1. The molecule has 1 aliphatic rings. The average molecular weight is 192 g/mol. The molecule has 1 amide bonds. The molecule has 1 unspecified atom stereocenters. The third kappa shape index (κ3) is 1.65. The Morgan fingerprint density at radius 1 is 1.62 bits per heavy atom. The molecule has 0 heterocycles. The van der Waals surface area contributed by atoms with Gasteiger partial charge in [-0.1, -0.05) is 6.92 Å². The van der Waals surface area contributed by atoms with Crippen molar-refractivity contribution in [2.75, 3.05) is 7.05 Å². The van der Waals surface area contributed by atoms with Gasteiger partial charge in [-0.15, -0.1) is 0 Å². The van der Waals surface area contributed by atoms with Crippen molar-refractivity contribution in [3.05, 3.63) is 0 Å². The normalized spacial score (nSPS) is 37.5. The molecule has 0 bridgehead atoms. The number of hydrogen-bond donors (Lipinski definition) is 2. The van der Waals surface area contributed by atoms with E-state index in [9.17, 15) is 13.6 Å². The quantitative estimate of drug-likeness (QED) is 0.635. The minimum Gasteiger partial charge on any atom is -0.359 e. The van der Waals surface area contributed by atoms with Gasteiger partial charge in [0.1, 0.15) is 0 Å². The van der Waals surface area contributed by atoms with Gasteiger partial charge in [-0.3, -0.25) is 4.79 Å². The first kappa shape index (κ1) is 10.4. The Morgan fingerprint density at radius 3 is 2.46 bits per heavy atom. The van der Waals surface area contributed by atoms with Crippen LogP contribution < -0.4 is 11.1 Å². The Morgan fingerprint density at radius 2 is 2.15 bits per heavy atom. The molecular weight excluding hydrogens is 178 g/mol. The highest BCUT2D eigenvalue weighted by Crippen LogP contribution is 2.46. The van der Waals surface area contributed by atoms with Gasteiger partial charge in [-0.2, -0.15) is 0 Å². The SMILES string of the molecule is CNC(=O)[C@@]1(C)CC(N)C(F)(F)C1. The lowest BCUT2D eigenvalue weighted by Crippen LogP contribution is -2.35. The maximum absolute atomic E-state index is 13.0. The van der Waals surface area contributed by atoms with Crippen LogP contribution in [0.5, 0.6) is 0 Å². The van der Waals surface area contributed by atoms with Crippen molar-refractivity contribution in [1.82, 2.24) is 5.32 Å². The number of carbonyl (C=O) groups excluding carboxylic acids is 1. The van der Waals surface area contributed by atoms with E-state index in [-0.39, 0.29) is 12.3 Å². The minimum absolute atomic E-state index is 0.0413. The topological polar surface area (TPSA) is 55.1 Å². The van der Waals surface area contributed by atoms with E-state index in [0.29, 0.717) is 0 Å². The van der Waals surface area contributed by atoms with E-state index in [1.54, 1.807) is 0 Å². The zero-order valence-corrected chi connectivity index (χ0v) is 7.73. The maximum atomic E-state index is 13.0. The Labute approximate surface area is 75.7 Å². The number of nitrogens with two attached hydrogens (primary N) is 1. The molecule has 0 aliphatic heterocycles. The van der Waals surface area contributed by atoms with E-state index in [1.165, 1.54) is 14.0 Å². The van der Waals surface area contributed by atoms with Crippen LogP contribution in [0.4, 0.5) is 8.78 Å². The van der Waals surface area contributed by atoms with Gasteiger partial charge >= 0.3 is 0 Å². The smallest absolute Gasteiger partial charge is 0.263 e. The fourth-order valence-electron chi connectivity index (χ4n) is 1.83. The second kappa shape index (κ2) is 2.90. The van der Waals surface area contributed by atoms with Crippen LogP contribution in [0.15, 0.2) is 0 Å². The summed E-state index contributed by atoms with van der Waals surface area (Å²) >= 11 is 0. The van der Waals surface area contributed by atoms with Crippen LogP contribution in [-0.4, -0.2) is 24.9 Å². The van der Waals surface area contributed by atoms with Crippen molar-refractivity contribution < 1.29 is 13.6 Å². The van der Waals surface area contributed by atoms with Crippen LogP contribution in [-0.2, 0) is 4.79 Å². The van der Waals surface area contributed by atoms with Crippen LogP contribution in [0, 0.1) is 5.41 Å². The van der Waals surface area contributed by atoms with Gasteiger partial charge in [0.2, 0.25) is 5.91 Å². The molecule has 1 fully saturated rings. The fourth-order valence-corrected chi connectivity index (χ4v) is 1.83. The van der Waals surface area contributed by atoms with Crippen molar-refractivity contribution in [2.24, 2.45) is 11.1 Å². The lowest BCUT2D eigenvalue weighted by molar-refractivity contribution is -0.131. The highest BCUT2D eigenvalue weighted by atomic mass is 19.3. The maximum Gasteiger partial charge on any atom is 0.263 e. The molecule has 0 saturated heterocycles. The van der Waals surface area contributed by atoms with E-state index in [0.717, 1.165) is 0 Å². The summed E-state index contributed by atoms with van der Waals surface area (Å²) in [5, 5.41) is 2.38. The Balaban J connectivity index is 2.82. The van der Waals surface area contributed by atoms with Crippen molar-refractivity contribution in [1.29, 1.82) is 0 Å². The largest absolute Gasteiger partial charge is 0.359 e. The molecule has 13 heavy (non-hydrogen) atoms. The van der Waals surface area contributed by atoms with Crippen molar-refractivity contribution in [2.45, 2.75) is 31.7 Å². The summed E-state index contributed by atoms with van der Waals surface area (Å²) < 4.78 is 26.0. The predicted octanol–water partition coefficient (Wildman–Crippen LogP) is 0.495. The van der Waals surface area contributed by atoms with Gasteiger partial charge in [-0.25, -0.2) is 8.78 Å². The number of halogens is 2. The van der Waals surface area contributed by atoms with Crippen LogP contribution in [0.2, 0.25) is 0 Å². The molecule has 1 aliphatic carbocycles. The molecule has 1 rings (SSSR count). The van der Waals surface area contributed by atoms with Crippen molar-refractivity contribution in [3.8, 4) is 0 Å². The number of nitrogens with one attached hydrogen (secondary N) is 1. The Kier molecular flexibility index (Phi) is 2.32. The molecule has 3 nitrogen and oxygen atoms in total. The number of amides is 1. The van der Waals surface area contributed by atoms with Gasteiger partial charge in [0.15, 0.2) is 0 Å². The zero-order chi connectivity index (χ0) is 10.3. The first-order chi connectivity index (χ1) is 5.82. The minimum atomic E-state index is -2.92. The molecule has 0 radical (unpaired) electrons. The second-order valence-corrected chi connectivity index (χ2v) is 3.89. The van der Waals surface area contributed by atoms with Crippen LogP contribution in [0.25, 0.3) is 0 Å². The molecule has 76 valence electrons. The highest BCUT2D eigenvalue weighted by Gasteiger charge is 2.55. The summed E-state index contributed by atoms with van der Waals surface area (Å²) in [6, 6.07) is -1.20. The summed E-state index contributed by atoms with van der Waals surface area (Å²) in [5.41, 5.74) is 4.23. The first-order valence-corrected chi connectivity index (χ1v) is 4.17. The third-order valence-electron chi connectivity index (χ3n) is 2.61. The van der Waals surface area contributed by atoms with E-state index in [1.807, 2.05) is 0 Å². The third-order valence-corrected chi connectivity index (χ3v) is 2.61.